The van der Waals surface area contributed by atoms with Gasteiger partial charge in [-0.15, -0.1) is 0 Å². The van der Waals surface area contributed by atoms with Gasteiger partial charge in [-0.2, -0.15) is 0 Å². The van der Waals surface area contributed by atoms with Crippen LogP contribution in [0, 0.1) is 5.82 Å². The van der Waals surface area contributed by atoms with E-state index in [-0.39, 0.29) is 5.56 Å². The molecular weight excluding hydrogens is 231 g/mol. The SMILES string of the molecule is C[C@H](O)c1ccc(OCc2ccccc2)cc1F. The molecule has 18 heavy (non-hydrogen) atoms. The van der Waals surface area contributed by atoms with E-state index in [1.54, 1.807) is 12.1 Å². The van der Waals surface area contributed by atoms with Crippen molar-refractivity contribution < 1.29 is 14.2 Å². The largest absolute Gasteiger partial charge is 0.489 e. The Kier molecular flexibility index (Phi) is 3.95. The fourth-order valence-electron chi connectivity index (χ4n) is 1.68. The van der Waals surface area contributed by atoms with Crippen LogP contribution < -0.4 is 4.74 Å². The average molecular weight is 246 g/mol. The zero-order chi connectivity index (χ0) is 13.0. The third kappa shape index (κ3) is 3.08. The third-order valence-electron chi connectivity index (χ3n) is 2.67. The molecule has 2 rings (SSSR count). The summed E-state index contributed by atoms with van der Waals surface area (Å²) in [7, 11) is 0. The van der Waals surface area contributed by atoms with Gasteiger partial charge in [0.15, 0.2) is 0 Å². The first-order valence-electron chi connectivity index (χ1n) is 5.81. The van der Waals surface area contributed by atoms with Gasteiger partial charge in [-0.25, -0.2) is 4.39 Å². The van der Waals surface area contributed by atoms with Gasteiger partial charge in [-0.3, -0.25) is 0 Å². The number of hydrogen-bond donors (Lipinski definition) is 1. The molecule has 0 unspecified atom stereocenters. The summed E-state index contributed by atoms with van der Waals surface area (Å²) in [6, 6.07) is 14.2. The maximum atomic E-state index is 13.6. The molecule has 0 radical (unpaired) electrons. The van der Waals surface area contributed by atoms with E-state index >= 15 is 0 Å². The van der Waals surface area contributed by atoms with Gasteiger partial charge < -0.3 is 9.84 Å². The lowest BCUT2D eigenvalue weighted by atomic mass is 10.1. The standard InChI is InChI=1S/C15H15FO2/c1-11(17)14-8-7-13(9-15(14)16)18-10-12-5-3-2-4-6-12/h2-9,11,17H,10H2,1H3/t11-/m0/s1. The van der Waals surface area contributed by atoms with Crippen molar-refractivity contribution in [2.45, 2.75) is 19.6 Å². The van der Waals surface area contributed by atoms with Crippen LogP contribution in [0.5, 0.6) is 5.75 Å². The van der Waals surface area contributed by atoms with Crippen molar-refractivity contribution in [2.75, 3.05) is 0 Å². The Balaban J connectivity index is 2.05. The predicted octanol–water partition coefficient (Wildman–Crippen LogP) is 3.46. The van der Waals surface area contributed by atoms with E-state index in [1.165, 1.54) is 13.0 Å². The highest BCUT2D eigenvalue weighted by atomic mass is 19.1. The van der Waals surface area contributed by atoms with Crippen LogP contribution in [0.4, 0.5) is 4.39 Å². The molecule has 0 bridgehead atoms. The number of aliphatic hydroxyl groups excluding tert-OH is 1. The van der Waals surface area contributed by atoms with Gasteiger partial charge in [0.2, 0.25) is 0 Å². The van der Waals surface area contributed by atoms with Crippen LogP contribution in [0.25, 0.3) is 0 Å². The Labute approximate surface area is 106 Å². The Morgan fingerprint density at radius 1 is 1.17 bits per heavy atom. The zero-order valence-corrected chi connectivity index (χ0v) is 10.1. The lowest BCUT2D eigenvalue weighted by Crippen LogP contribution is -1.99. The molecule has 0 amide bonds. The second-order valence-corrected chi connectivity index (χ2v) is 4.13. The molecule has 94 valence electrons. The molecule has 0 spiro atoms. The lowest BCUT2D eigenvalue weighted by Gasteiger charge is -2.10. The van der Waals surface area contributed by atoms with E-state index in [1.807, 2.05) is 30.3 Å². The molecule has 1 atom stereocenters. The second-order valence-electron chi connectivity index (χ2n) is 4.13. The number of halogens is 1. The maximum absolute atomic E-state index is 13.6. The lowest BCUT2D eigenvalue weighted by molar-refractivity contribution is 0.194. The van der Waals surface area contributed by atoms with Crippen molar-refractivity contribution in [3.05, 3.63) is 65.5 Å². The summed E-state index contributed by atoms with van der Waals surface area (Å²) < 4.78 is 19.1. The minimum Gasteiger partial charge on any atom is -0.489 e. The van der Waals surface area contributed by atoms with Crippen molar-refractivity contribution in [1.29, 1.82) is 0 Å². The summed E-state index contributed by atoms with van der Waals surface area (Å²) in [5.74, 6) is 0.0105. The van der Waals surface area contributed by atoms with Gasteiger partial charge in [-0.05, 0) is 24.6 Å². The fourth-order valence-corrected chi connectivity index (χ4v) is 1.68. The maximum Gasteiger partial charge on any atom is 0.132 e. The molecule has 2 aromatic carbocycles. The van der Waals surface area contributed by atoms with Gasteiger partial charge in [0.25, 0.3) is 0 Å². The van der Waals surface area contributed by atoms with E-state index in [0.717, 1.165) is 5.56 Å². The Bertz CT molecular complexity index is 509. The molecular formula is C15H15FO2. The Morgan fingerprint density at radius 3 is 2.50 bits per heavy atom. The molecule has 2 aromatic rings. The first-order valence-corrected chi connectivity index (χ1v) is 5.81. The van der Waals surface area contributed by atoms with E-state index in [9.17, 15) is 9.50 Å². The van der Waals surface area contributed by atoms with Crippen molar-refractivity contribution in [1.82, 2.24) is 0 Å². The molecule has 0 heterocycles. The van der Waals surface area contributed by atoms with Gasteiger partial charge in [-0.1, -0.05) is 30.3 Å². The topological polar surface area (TPSA) is 29.5 Å². The average Bonchev–Trinajstić information content (AvgIpc) is 2.37. The number of ether oxygens (including phenoxy) is 1. The number of hydrogen-bond acceptors (Lipinski definition) is 2. The number of rotatable bonds is 4. The Hall–Kier alpha value is -1.87. The van der Waals surface area contributed by atoms with Gasteiger partial charge in [0, 0.05) is 11.6 Å². The quantitative estimate of drug-likeness (QED) is 0.895. The monoisotopic (exact) mass is 246 g/mol. The summed E-state index contributed by atoms with van der Waals surface area (Å²) in [6.45, 7) is 1.93. The van der Waals surface area contributed by atoms with E-state index in [0.29, 0.717) is 12.4 Å². The van der Waals surface area contributed by atoms with Gasteiger partial charge >= 0.3 is 0 Å². The van der Waals surface area contributed by atoms with Crippen LogP contribution >= 0.6 is 0 Å². The molecule has 0 aromatic heterocycles. The summed E-state index contributed by atoms with van der Waals surface area (Å²) in [5, 5.41) is 9.32. The molecule has 3 heteroatoms. The summed E-state index contributed by atoms with van der Waals surface area (Å²) in [6.07, 6.45) is -0.812. The van der Waals surface area contributed by atoms with Crippen molar-refractivity contribution >= 4 is 0 Å². The zero-order valence-electron chi connectivity index (χ0n) is 10.1. The fraction of sp³-hybridized carbons (Fsp3) is 0.200. The first-order chi connectivity index (χ1) is 8.66. The second kappa shape index (κ2) is 5.65. The third-order valence-corrected chi connectivity index (χ3v) is 2.67. The van der Waals surface area contributed by atoms with Gasteiger partial charge in [0.05, 0.1) is 6.10 Å². The molecule has 0 aliphatic rings. The molecule has 0 aliphatic heterocycles. The van der Waals surface area contributed by atoms with Gasteiger partial charge in [0.1, 0.15) is 18.2 Å². The van der Waals surface area contributed by atoms with Crippen molar-refractivity contribution in [3.63, 3.8) is 0 Å². The number of aliphatic hydroxyl groups is 1. The smallest absolute Gasteiger partial charge is 0.132 e. The Morgan fingerprint density at radius 2 is 1.89 bits per heavy atom. The molecule has 2 nitrogen and oxygen atoms in total. The minimum absolute atomic E-state index is 0.280. The van der Waals surface area contributed by atoms with E-state index in [4.69, 9.17) is 4.74 Å². The van der Waals surface area contributed by atoms with Crippen molar-refractivity contribution in [3.8, 4) is 5.75 Å². The van der Waals surface area contributed by atoms with Crippen LogP contribution in [0.2, 0.25) is 0 Å². The molecule has 0 aliphatic carbocycles. The van der Waals surface area contributed by atoms with E-state index < -0.39 is 11.9 Å². The van der Waals surface area contributed by atoms with Crippen molar-refractivity contribution in [2.24, 2.45) is 0 Å². The first kappa shape index (κ1) is 12.6. The van der Waals surface area contributed by atoms with Crippen LogP contribution in [0.1, 0.15) is 24.2 Å². The highest BCUT2D eigenvalue weighted by molar-refractivity contribution is 5.30. The summed E-state index contributed by atoms with van der Waals surface area (Å²) in [4.78, 5) is 0. The van der Waals surface area contributed by atoms with Crippen LogP contribution in [0.3, 0.4) is 0 Å². The summed E-state index contributed by atoms with van der Waals surface area (Å²) in [5.41, 5.74) is 1.31. The number of benzene rings is 2. The normalized spacial score (nSPS) is 12.2. The predicted molar refractivity (Wildman–Crippen MR) is 67.8 cm³/mol. The van der Waals surface area contributed by atoms with Crippen LogP contribution in [-0.4, -0.2) is 5.11 Å². The van der Waals surface area contributed by atoms with Crippen LogP contribution in [-0.2, 0) is 6.61 Å². The van der Waals surface area contributed by atoms with E-state index in [2.05, 4.69) is 0 Å². The highest BCUT2D eigenvalue weighted by Crippen LogP contribution is 2.22. The molecule has 0 saturated heterocycles. The molecule has 0 fully saturated rings. The molecule has 1 N–H and O–H groups in total. The van der Waals surface area contributed by atoms with Crippen LogP contribution in [0.15, 0.2) is 48.5 Å². The highest BCUT2D eigenvalue weighted by Gasteiger charge is 2.08. The minimum atomic E-state index is -0.812. The summed E-state index contributed by atoms with van der Waals surface area (Å²) >= 11 is 0. The molecule has 0 saturated carbocycles.